The predicted molar refractivity (Wildman–Crippen MR) is 90.8 cm³/mol. The van der Waals surface area contributed by atoms with Crippen molar-refractivity contribution in [2.75, 3.05) is 13.7 Å². The molecule has 0 saturated carbocycles. The molecule has 1 aromatic carbocycles. The molecule has 2 aromatic rings. The first-order valence-corrected chi connectivity index (χ1v) is 8.65. The maximum Gasteiger partial charge on any atom is 0.121 e. The molecule has 4 rings (SSSR count). The molecule has 0 N–H and O–H groups in total. The Morgan fingerprint density at radius 1 is 1.26 bits per heavy atom. The maximum absolute atomic E-state index is 6.13. The van der Waals surface area contributed by atoms with Crippen molar-refractivity contribution >= 4 is 0 Å². The summed E-state index contributed by atoms with van der Waals surface area (Å²) in [7, 11) is 1.74. The molecule has 0 saturated heterocycles. The van der Waals surface area contributed by atoms with E-state index >= 15 is 0 Å². The summed E-state index contributed by atoms with van der Waals surface area (Å²) >= 11 is 0. The highest BCUT2D eigenvalue weighted by atomic mass is 16.5. The number of rotatable bonds is 3. The molecular weight excluding hydrogens is 286 g/mol. The molecular formula is C20H25NO2. The van der Waals surface area contributed by atoms with Crippen LogP contribution in [-0.4, -0.2) is 18.6 Å². The van der Waals surface area contributed by atoms with Gasteiger partial charge in [0.25, 0.3) is 0 Å². The van der Waals surface area contributed by atoms with Gasteiger partial charge in [-0.25, -0.2) is 0 Å². The molecule has 0 radical (unpaired) electrons. The SMILES string of the molecule is COc1ccc2c(c1)CCN1Cc3oc(CC(C)C)cc3CC21. The minimum Gasteiger partial charge on any atom is -0.497 e. The van der Waals surface area contributed by atoms with Crippen molar-refractivity contribution < 1.29 is 9.15 Å². The molecule has 3 nitrogen and oxygen atoms in total. The second-order valence-electron chi connectivity index (χ2n) is 7.26. The summed E-state index contributed by atoms with van der Waals surface area (Å²) in [6.45, 7) is 6.54. The van der Waals surface area contributed by atoms with E-state index in [-0.39, 0.29) is 0 Å². The van der Waals surface area contributed by atoms with Crippen molar-refractivity contribution in [1.29, 1.82) is 0 Å². The number of ether oxygens (including phenoxy) is 1. The summed E-state index contributed by atoms with van der Waals surface area (Å²) in [5.74, 6) is 3.95. The van der Waals surface area contributed by atoms with Crippen LogP contribution < -0.4 is 4.74 Å². The molecule has 0 spiro atoms. The van der Waals surface area contributed by atoms with E-state index in [9.17, 15) is 0 Å². The first kappa shape index (κ1) is 14.8. The van der Waals surface area contributed by atoms with Crippen molar-refractivity contribution in [1.82, 2.24) is 4.90 Å². The summed E-state index contributed by atoms with van der Waals surface area (Å²) in [6, 6.07) is 9.34. The average molecular weight is 311 g/mol. The number of fused-ring (bicyclic) bond motifs is 4. The predicted octanol–water partition coefficient (Wildman–Crippen LogP) is 4.14. The van der Waals surface area contributed by atoms with Gasteiger partial charge in [-0.15, -0.1) is 0 Å². The fourth-order valence-electron chi connectivity index (χ4n) is 4.03. The number of benzene rings is 1. The molecule has 0 aliphatic carbocycles. The number of furan rings is 1. The number of hydrogen-bond donors (Lipinski definition) is 0. The summed E-state index contributed by atoms with van der Waals surface area (Å²) < 4.78 is 11.5. The molecule has 23 heavy (non-hydrogen) atoms. The maximum atomic E-state index is 6.13. The van der Waals surface area contributed by atoms with E-state index in [0.717, 1.165) is 43.9 Å². The van der Waals surface area contributed by atoms with E-state index in [0.29, 0.717) is 12.0 Å². The minimum absolute atomic E-state index is 0.488. The van der Waals surface area contributed by atoms with Crippen LogP contribution in [-0.2, 0) is 25.8 Å². The van der Waals surface area contributed by atoms with E-state index < -0.39 is 0 Å². The normalized spacial score (nSPS) is 20.1. The number of methoxy groups -OCH3 is 1. The largest absolute Gasteiger partial charge is 0.497 e. The third-order valence-electron chi connectivity index (χ3n) is 5.14. The van der Waals surface area contributed by atoms with Gasteiger partial charge in [0, 0.05) is 19.0 Å². The van der Waals surface area contributed by atoms with E-state index in [1.807, 2.05) is 0 Å². The Morgan fingerprint density at radius 3 is 2.91 bits per heavy atom. The molecule has 122 valence electrons. The quantitative estimate of drug-likeness (QED) is 0.852. The van der Waals surface area contributed by atoms with Crippen LogP contribution in [0.2, 0.25) is 0 Å². The highest BCUT2D eigenvalue weighted by molar-refractivity contribution is 5.41. The zero-order valence-corrected chi connectivity index (χ0v) is 14.3. The fraction of sp³-hybridized carbons (Fsp3) is 0.500. The number of hydrogen-bond acceptors (Lipinski definition) is 3. The van der Waals surface area contributed by atoms with E-state index in [4.69, 9.17) is 9.15 Å². The monoisotopic (exact) mass is 311 g/mol. The van der Waals surface area contributed by atoms with Crippen molar-refractivity contribution in [2.24, 2.45) is 5.92 Å². The van der Waals surface area contributed by atoms with Crippen LogP contribution in [0.1, 0.15) is 48.1 Å². The Balaban J connectivity index is 1.64. The Labute approximate surface area is 138 Å². The lowest BCUT2D eigenvalue weighted by atomic mass is 9.86. The standard InChI is InChI=1S/C20H25NO2/c1-13(2)8-17-10-15-11-19-18-5-4-16(22-3)9-14(18)6-7-21(19)12-20(15)23-17/h4-5,9-10,13,19H,6-8,11-12H2,1-3H3. The molecule has 1 unspecified atom stereocenters. The van der Waals surface area contributed by atoms with Gasteiger partial charge in [-0.05, 0) is 53.6 Å². The first-order valence-electron chi connectivity index (χ1n) is 8.65. The van der Waals surface area contributed by atoms with Gasteiger partial charge in [-0.3, -0.25) is 4.90 Å². The van der Waals surface area contributed by atoms with Crippen molar-refractivity contribution in [3.8, 4) is 5.75 Å². The molecule has 0 bridgehead atoms. The minimum atomic E-state index is 0.488. The van der Waals surface area contributed by atoms with Crippen LogP contribution in [0, 0.1) is 5.92 Å². The van der Waals surface area contributed by atoms with E-state index in [2.05, 4.69) is 43.0 Å². The lowest BCUT2D eigenvalue weighted by molar-refractivity contribution is 0.144. The zero-order chi connectivity index (χ0) is 16.0. The van der Waals surface area contributed by atoms with Gasteiger partial charge in [0.15, 0.2) is 0 Å². The topological polar surface area (TPSA) is 25.6 Å². The second kappa shape index (κ2) is 5.72. The summed E-state index contributed by atoms with van der Waals surface area (Å²) in [6.07, 6.45) is 3.19. The smallest absolute Gasteiger partial charge is 0.121 e. The highest BCUT2D eigenvalue weighted by Crippen LogP contribution is 2.40. The van der Waals surface area contributed by atoms with Gasteiger partial charge in [-0.2, -0.15) is 0 Å². The Kier molecular flexibility index (Phi) is 3.68. The third-order valence-corrected chi connectivity index (χ3v) is 5.14. The van der Waals surface area contributed by atoms with Gasteiger partial charge in [0.05, 0.1) is 13.7 Å². The zero-order valence-electron chi connectivity index (χ0n) is 14.3. The molecule has 1 atom stereocenters. The van der Waals surface area contributed by atoms with Crippen LogP contribution >= 0.6 is 0 Å². The van der Waals surface area contributed by atoms with Crippen LogP contribution in [0.5, 0.6) is 5.75 Å². The van der Waals surface area contributed by atoms with Crippen molar-refractivity contribution in [3.63, 3.8) is 0 Å². The lowest BCUT2D eigenvalue weighted by Crippen LogP contribution is -2.38. The molecule has 3 heteroatoms. The van der Waals surface area contributed by atoms with Crippen LogP contribution in [0.15, 0.2) is 28.7 Å². The second-order valence-corrected chi connectivity index (χ2v) is 7.26. The average Bonchev–Trinajstić information content (AvgIpc) is 2.92. The van der Waals surface area contributed by atoms with E-state index in [1.165, 1.54) is 22.5 Å². The lowest BCUT2D eigenvalue weighted by Gasteiger charge is -2.39. The highest BCUT2D eigenvalue weighted by Gasteiger charge is 2.34. The molecule has 1 aromatic heterocycles. The van der Waals surface area contributed by atoms with Crippen molar-refractivity contribution in [2.45, 2.75) is 45.7 Å². The van der Waals surface area contributed by atoms with Gasteiger partial charge in [0.2, 0.25) is 0 Å². The summed E-state index contributed by atoms with van der Waals surface area (Å²) in [5, 5.41) is 0. The Hall–Kier alpha value is -1.74. The first-order chi connectivity index (χ1) is 11.1. The molecule has 2 aliphatic heterocycles. The van der Waals surface area contributed by atoms with Crippen LogP contribution in [0.4, 0.5) is 0 Å². The summed E-state index contributed by atoms with van der Waals surface area (Å²) in [4.78, 5) is 2.57. The molecule has 0 fully saturated rings. The molecule has 0 amide bonds. The number of nitrogens with zero attached hydrogens (tertiary/aromatic N) is 1. The van der Waals surface area contributed by atoms with Crippen molar-refractivity contribution in [3.05, 3.63) is 52.5 Å². The van der Waals surface area contributed by atoms with Gasteiger partial charge >= 0.3 is 0 Å². The van der Waals surface area contributed by atoms with Crippen LogP contribution in [0.3, 0.4) is 0 Å². The van der Waals surface area contributed by atoms with Gasteiger partial charge in [-0.1, -0.05) is 19.9 Å². The molecule has 2 aliphatic rings. The Bertz CT molecular complexity index is 716. The third kappa shape index (κ3) is 2.67. The van der Waals surface area contributed by atoms with Gasteiger partial charge < -0.3 is 9.15 Å². The van der Waals surface area contributed by atoms with E-state index in [1.54, 1.807) is 7.11 Å². The Morgan fingerprint density at radius 2 is 2.13 bits per heavy atom. The molecule has 3 heterocycles. The van der Waals surface area contributed by atoms with Gasteiger partial charge in [0.1, 0.15) is 17.3 Å². The fourth-order valence-corrected chi connectivity index (χ4v) is 4.03. The summed E-state index contributed by atoms with van der Waals surface area (Å²) in [5.41, 5.74) is 4.32. The van der Waals surface area contributed by atoms with Crippen LogP contribution in [0.25, 0.3) is 0 Å².